The summed E-state index contributed by atoms with van der Waals surface area (Å²) in [5, 5.41) is 2.33. The Hall–Kier alpha value is -2.48. The van der Waals surface area contributed by atoms with Gasteiger partial charge in [0.25, 0.3) is 0 Å². The highest BCUT2D eigenvalue weighted by atomic mass is 14.7. The Morgan fingerprint density at radius 1 is 0.947 bits per heavy atom. The van der Waals surface area contributed by atoms with Crippen LogP contribution in [-0.4, -0.2) is 11.2 Å². The first-order valence-electron chi connectivity index (χ1n) is 6.26. The van der Waals surface area contributed by atoms with Gasteiger partial charge in [-0.05, 0) is 42.1 Å². The molecular formula is C17H14N2. The number of pyridine rings is 1. The molecule has 3 aromatic rings. The van der Waals surface area contributed by atoms with Gasteiger partial charge in [0, 0.05) is 24.0 Å². The van der Waals surface area contributed by atoms with Gasteiger partial charge < -0.3 is 0 Å². The predicted molar refractivity (Wildman–Crippen MR) is 80.2 cm³/mol. The van der Waals surface area contributed by atoms with Gasteiger partial charge in [0.2, 0.25) is 0 Å². The van der Waals surface area contributed by atoms with E-state index in [0.717, 1.165) is 16.6 Å². The molecule has 0 saturated heterocycles. The molecule has 19 heavy (non-hydrogen) atoms. The second kappa shape index (κ2) is 5.02. The Bertz CT molecular complexity index is 728. The number of benzene rings is 2. The van der Waals surface area contributed by atoms with Gasteiger partial charge in [-0.1, -0.05) is 29.8 Å². The van der Waals surface area contributed by atoms with Crippen molar-refractivity contribution in [1.82, 2.24) is 4.98 Å². The average molecular weight is 246 g/mol. The number of hydrogen-bond acceptors (Lipinski definition) is 2. The molecule has 0 saturated carbocycles. The van der Waals surface area contributed by atoms with Crippen molar-refractivity contribution in [1.29, 1.82) is 0 Å². The van der Waals surface area contributed by atoms with E-state index < -0.39 is 0 Å². The van der Waals surface area contributed by atoms with Crippen LogP contribution in [0.5, 0.6) is 0 Å². The van der Waals surface area contributed by atoms with Crippen LogP contribution in [0.4, 0.5) is 5.69 Å². The highest BCUT2D eigenvalue weighted by Crippen LogP contribution is 2.15. The topological polar surface area (TPSA) is 25.2 Å². The quantitative estimate of drug-likeness (QED) is 0.619. The molecule has 1 heterocycles. The van der Waals surface area contributed by atoms with Gasteiger partial charge in [-0.25, -0.2) is 0 Å². The van der Waals surface area contributed by atoms with Gasteiger partial charge in [0.15, 0.2) is 0 Å². The number of fused-ring (bicyclic) bond motifs is 1. The van der Waals surface area contributed by atoms with Crippen LogP contribution in [-0.2, 0) is 0 Å². The van der Waals surface area contributed by atoms with Crippen LogP contribution in [0.3, 0.4) is 0 Å². The smallest absolute Gasteiger partial charge is 0.0630 e. The molecule has 0 aliphatic heterocycles. The van der Waals surface area contributed by atoms with E-state index in [1.807, 2.05) is 36.8 Å². The van der Waals surface area contributed by atoms with Crippen molar-refractivity contribution >= 4 is 22.7 Å². The number of aliphatic imine (C=N–C) groups is 1. The average Bonchev–Trinajstić information content (AvgIpc) is 2.46. The number of aryl methyl sites for hydroxylation is 1. The molecule has 3 rings (SSSR count). The van der Waals surface area contributed by atoms with Crippen LogP contribution in [0.1, 0.15) is 11.1 Å². The van der Waals surface area contributed by atoms with E-state index in [1.54, 1.807) is 0 Å². The summed E-state index contributed by atoms with van der Waals surface area (Å²) in [6, 6.07) is 16.4. The Morgan fingerprint density at radius 2 is 1.79 bits per heavy atom. The van der Waals surface area contributed by atoms with E-state index in [2.05, 4.69) is 47.2 Å². The minimum atomic E-state index is 0.973. The zero-order valence-corrected chi connectivity index (χ0v) is 10.7. The first-order valence-corrected chi connectivity index (χ1v) is 6.26. The molecule has 2 aromatic carbocycles. The van der Waals surface area contributed by atoms with Crippen molar-refractivity contribution in [3.8, 4) is 0 Å². The van der Waals surface area contributed by atoms with Crippen LogP contribution in [0.25, 0.3) is 10.8 Å². The fourth-order valence-electron chi connectivity index (χ4n) is 1.96. The Balaban J connectivity index is 1.90. The third-order valence-electron chi connectivity index (χ3n) is 3.06. The van der Waals surface area contributed by atoms with Gasteiger partial charge in [-0.3, -0.25) is 9.98 Å². The van der Waals surface area contributed by atoms with E-state index >= 15 is 0 Å². The highest BCUT2D eigenvalue weighted by Gasteiger charge is 1.94. The fourth-order valence-corrected chi connectivity index (χ4v) is 1.96. The molecule has 0 aliphatic carbocycles. The minimum absolute atomic E-state index is 0.973. The molecule has 1 aromatic heterocycles. The molecule has 0 bridgehead atoms. The first-order chi connectivity index (χ1) is 9.31. The van der Waals surface area contributed by atoms with E-state index in [4.69, 9.17) is 0 Å². The number of hydrogen-bond donors (Lipinski definition) is 0. The van der Waals surface area contributed by atoms with Crippen LogP contribution in [0, 0.1) is 6.92 Å². The second-order valence-corrected chi connectivity index (χ2v) is 4.58. The van der Waals surface area contributed by atoms with Crippen LogP contribution in [0.15, 0.2) is 65.9 Å². The molecule has 0 aliphatic rings. The molecule has 2 nitrogen and oxygen atoms in total. The molecule has 2 heteroatoms. The molecule has 92 valence electrons. The van der Waals surface area contributed by atoms with Gasteiger partial charge in [0.1, 0.15) is 0 Å². The first kappa shape index (κ1) is 11.6. The summed E-state index contributed by atoms with van der Waals surface area (Å²) < 4.78 is 0. The lowest BCUT2D eigenvalue weighted by molar-refractivity contribution is 1.36. The van der Waals surface area contributed by atoms with Crippen LogP contribution < -0.4 is 0 Å². The summed E-state index contributed by atoms with van der Waals surface area (Å²) in [5.74, 6) is 0. The van der Waals surface area contributed by atoms with E-state index in [-0.39, 0.29) is 0 Å². The third kappa shape index (κ3) is 2.68. The zero-order chi connectivity index (χ0) is 13.1. The zero-order valence-electron chi connectivity index (χ0n) is 10.7. The fraction of sp³-hybridized carbons (Fsp3) is 0.0588. The molecule has 0 radical (unpaired) electrons. The summed E-state index contributed by atoms with van der Waals surface area (Å²) in [4.78, 5) is 8.59. The standard InChI is InChI=1S/C17H14N2/c1-13-2-6-17(7-3-13)19-11-14-4-5-16-12-18-9-8-15(16)10-14/h2-12H,1H3. The molecular weight excluding hydrogens is 232 g/mol. The Morgan fingerprint density at radius 3 is 2.63 bits per heavy atom. The summed E-state index contributed by atoms with van der Waals surface area (Å²) in [5.41, 5.74) is 3.32. The maximum Gasteiger partial charge on any atom is 0.0630 e. The van der Waals surface area contributed by atoms with Crippen molar-refractivity contribution in [3.63, 3.8) is 0 Å². The number of nitrogens with zero attached hydrogens (tertiary/aromatic N) is 2. The van der Waals surface area contributed by atoms with Gasteiger partial charge >= 0.3 is 0 Å². The largest absolute Gasteiger partial charge is 0.264 e. The molecule has 0 amide bonds. The normalized spacial score (nSPS) is 11.2. The van der Waals surface area contributed by atoms with E-state index in [0.29, 0.717) is 0 Å². The summed E-state index contributed by atoms with van der Waals surface area (Å²) in [6.07, 6.45) is 5.57. The van der Waals surface area contributed by atoms with E-state index in [9.17, 15) is 0 Å². The van der Waals surface area contributed by atoms with Crippen molar-refractivity contribution < 1.29 is 0 Å². The van der Waals surface area contributed by atoms with Crippen LogP contribution >= 0.6 is 0 Å². The van der Waals surface area contributed by atoms with Gasteiger partial charge in [-0.15, -0.1) is 0 Å². The molecule has 0 unspecified atom stereocenters. The maximum atomic E-state index is 4.48. The van der Waals surface area contributed by atoms with Gasteiger partial charge in [0.05, 0.1) is 5.69 Å². The number of rotatable bonds is 2. The summed E-state index contributed by atoms with van der Waals surface area (Å²) in [7, 11) is 0. The third-order valence-corrected chi connectivity index (χ3v) is 3.06. The summed E-state index contributed by atoms with van der Waals surface area (Å²) >= 11 is 0. The molecule has 0 spiro atoms. The lowest BCUT2D eigenvalue weighted by Gasteiger charge is -1.99. The highest BCUT2D eigenvalue weighted by molar-refractivity contribution is 5.90. The second-order valence-electron chi connectivity index (χ2n) is 4.58. The van der Waals surface area contributed by atoms with Crippen molar-refractivity contribution in [2.45, 2.75) is 6.92 Å². The van der Waals surface area contributed by atoms with Crippen molar-refractivity contribution in [2.75, 3.05) is 0 Å². The van der Waals surface area contributed by atoms with E-state index in [1.165, 1.54) is 10.9 Å². The Kier molecular flexibility index (Phi) is 3.07. The predicted octanol–water partition coefficient (Wildman–Crippen LogP) is 4.29. The van der Waals surface area contributed by atoms with Gasteiger partial charge in [-0.2, -0.15) is 0 Å². The monoisotopic (exact) mass is 246 g/mol. The SMILES string of the molecule is Cc1ccc(N=Cc2ccc3cnccc3c2)cc1. The lowest BCUT2D eigenvalue weighted by atomic mass is 10.1. The minimum Gasteiger partial charge on any atom is -0.264 e. The molecule has 0 atom stereocenters. The summed E-state index contributed by atoms with van der Waals surface area (Å²) in [6.45, 7) is 2.07. The molecule has 0 N–H and O–H groups in total. The number of aromatic nitrogens is 1. The molecule has 0 fully saturated rings. The van der Waals surface area contributed by atoms with Crippen LogP contribution in [0.2, 0.25) is 0 Å². The maximum absolute atomic E-state index is 4.48. The van der Waals surface area contributed by atoms with Crippen molar-refractivity contribution in [2.24, 2.45) is 4.99 Å². The Labute approximate surface area is 112 Å². The lowest BCUT2D eigenvalue weighted by Crippen LogP contribution is -1.82. The van der Waals surface area contributed by atoms with Crippen molar-refractivity contribution in [3.05, 3.63) is 72.1 Å².